The Bertz CT molecular complexity index is 589. The molecule has 0 atom stereocenters. The summed E-state index contributed by atoms with van der Waals surface area (Å²) in [6.45, 7) is 9.01. The van der Waals surface area contributed by atoms with Gasteiger partial charge in [-0.1, -0.05) is 64.1 Å². The SMILES string of the molecule is CC(C)COC(=O)c1ccccc1.CC(C)COC(=O)c1ccccc1. The maximum atomic E-state index is 11.3. The molecule has 0 aliphatic rings. The maximum absolute atomic E-state index is 11.3. The van der Waals surface area contributed by atoms with Crippen molar-refractivity contribution in [2.24, 2.45) is 11.8 Å². The smallest absolute Gasteiger partial charge is 0.338 e. The third-order valence-corrected chi connectivity index (χ3v) is 3.11. The Morgan fingerprint density at radius 2 is 0.962 bits per heavy atom. The van der Waals surface area contributed by atoms with Crippen molar-refractivity contribution < 1.29 is 19.1 Å². The molecule has 0 radical (unpaired) electrons. The lowest BCUT2D eigenvalue weighted by molar-refractivity contribution is 0.0450. The molecule has 0 aliphatic carbocycles. The molecule has 0 aromatic heterocycles. The minimum atomic E-state index is -0.241. The molecule has 0 spiro atoms. The molecule has 0 N–H and O–H groups in total. The highest BCUT2D eigenvalue weighted by molar-refractivity contribution is 5.89. The molecule has 2 aromatic rings. The molecule has 26 heavy (non-hydrogen) atoms. The van der Waals surface area contributed by atoms with Crippen LogP contribution in [-0.4, -0.2) is 25.2 Å². The van der Waals surface area contributed by atoms with Gasteiger partial charge in [-0.15, -0.1) is 0 Å². The number of carbonyl (C=O) groups excluding carboxylic acids is 2. The summed E-state index contributed by atoms with van der Waals surface area (Å²) in [5, 5.41) is 0. The minimum absolute atomic E-state index is 0.241. The lowest BCUT2D eigenvalue weighted by atomic mass is 10.2. The number of hydrogen-bond donors (Lipinski definition) is 0. The Morgan fingerprint density at radius 1 is 0.654 bits per heavy atom. The van der Waals surface area contributed by atoms with Gasteiger partial charge in [0.15, 0.2) is 0 Å². The second kappa shape index (κ2) is 11.9. The number of benzene rings is 2. The molecule has 2 rings (SSSR count). The van der Waals surface area contributed by atoms with Gasteiger partial charge in [0.05, 0.1) is 24.3 Å². The highest BCUT2D eigenvalue weighted by atomic mass is 16.5. The molecule has 0 saturated heterocycles. The topological polar surface area (TPSA) is 52.6 Å². The highest BCUT2D eigenvalue weighted by Gasteiger charge is 2.06. The Hall–Kier alpha value is -2.62. The van der Waals surface area contributed by atoms with E-state index in [2.05, 4.69) is 0 Å². The first-order chi connectivity index (χ1) is 12.4. The molecule has 4 heteroatoms. The van der Waals surface area contributed by atoms with Gasteiger partial charge in [-0.3, -0.25) is 0 Å². The number of ether oxygens (including phenoxy) is 2. The van der Waals surface area contributed by atoms with Crippen LogP contribution in [0.5, 0.6) is 0 Å². The van der Waals surface area contributed by atoms with Crippen molar-refractivity contribution >= 4 is 11.9 Å². The predicted octanol–water partition coefficient (Wildman–Crippen LogP) is 5.00. The van der Waals surface area contributed by atoms with Crippen molar-refractivity contribution in [1.29, 1.82) is 0 Å². The standard InChI is InChI=1S/2C11H14O2/c2*1-9(2)8-13-11(12)10-6-4-3-5-7-10/h2*3-7,9H,8H2,1-2H3. The summed E-state index contributed by atoms with van der Waals surface area (Å²) in [4.78, 5) is 22.7. The van der Waals surface area contributed by atoms with Gasteiger partial charge in [-0.05, 0) is 36.1 Å². The Morgan fingerprint density at radius 3 is 1.23 bits per heavy atom. The van der Waals surface area contributed by atoms with Gasteiger partial charge in [0.25, 0.3) is 0 Å². The Kier molecular flexibility index (Phi) is 9.77. The average Bonchev–Trinajstić information content (AvgIpc) is 2.66. The van der Waals surface area contributed by atoms with Crippen LogP contribution in [0.2, 0.25) is 0 Å². The molecular formula is C22H28O4. The highest BCUT2D eigenvalue weighted by Crippen LogP contribution is 2.03. The van der Waals surface area contributed by atoms with Crippen molar-refractivity contribution in [2.45, 2.75) is 27.7 Å². The lowest BCUT2D eigenvalue weighted by Crippen LogP contribution is -2.09. The van der Waals surface area contributed by atoms with Crippen LogP contribution in [-0.2, 0) is 9.47 Å². The van der Waals surface area contributed by atoms with Gasteiger partial charge in [0, 0.05) is 0 Å². The first-order valence-corrected chi connectivity index (χ1v) is 8.84. The summed E-state index contributed by atoms with van der Waals surface area (Å²) in [7, 11) is 0. The fourth-order valence-electron chi connectivity index (χ4n) is 1.80. The normalized spacial score (nSPS) is 10.1. The predicted molar refractivity (Wildman–Crippen MR) is 103 cm³/mol. The minimum Gasteiger partial charge on any atom is -0.462 e. The molecule has 0 aliphatic heterocycles. The van der Waals surface area contributed by atoms with E-state index in [9.17, 15) is 9.59 Å². The molecule has 0 heterocycles. The second-order valence-electron chi connectivity index (χ2n) is 6.72. The number of carbonyl (C=O) groups is 2. The fraction of sp³-hybridized carbons (Fsp3) is 0.364. The lowest BCUT2D eigenvalue weighted by Gasteiger charge is -2.06. The molecule has 0 unspecified atom stereocenters. The summed E-state index contributed by atoms with van der Waals surface area (Å²) < 4.78 is 10.1. The van der Waals surface area contributed by atoms with Crippen molar-refractivity contribution in [1.82, 2.24) is 0 Å². The van der Waals surface area contributed by atoms with Crippen LogP contribution in [0.3, 0.4) is 0 Å². The zero-order valence-electron chi connectivity index (χ0n) is 16.0. The van der Waals surface area contributed by atoms with E-state index in [0.29, 0.717) is 36.2 Å². The van der Waals surface area contributed by atoms with E-state index in [1.807, 2.05) is 64.1 Å². The molecule has 140 valence electrons. The van der Waals surface area contributed by atoms with E-state index in [1.54, 1.807) is 24.3 Å². The van der Waals surface area contributed by atoms with Gasteiger partial charge in [-0.25, -0.2) is 9.59 Å². The third-order valence-electron chi connectivity index (χ3n) is 3.11. The first kappa shape index (κ1) is 21.4. The average molecular weight is 356 g/mol. The Labute approximate surface area is 156 Å². The van der Waals surface area contributed by atoms with E-state index < -0.39 is 0 Å². The fourth-order valence-corrected chi connectivity index (χ4v) is 1.80. The zero-order valence-corrected chi connectivity index (χ0v) is 16.0. The van der Waals surface area contributed by atoms with Crippen LogP contribution in [0.15, 0.2) is 60.7 Å². The van der Waals surface area contributed by atoms with Crippen LogP contribution in [0.4, 0.5) is 0 Å². The number of esters is 2. The number of rotatable bonds is 6. The third kappa shape index (κ3) is 9.02. The van der Waals surface area contributed by atoms with E-state index in [1.165, 1.54) is 0 Å². The quantitative estimate of drug-likeness (QED) is 0.684. The molecule has 4 nitrogen and oxygen atoms in total. The van der Waals surface area contributed by atoms with E-state index >= 15 is 0 Å². The molecule has 0 amide bonds. The molecule has 0 fully saturated rings. The van der Waals surface area contributed by atoms with Crippen molar-refractivity contribution in [3.8, 4) is 0 Å². The van der Waals surface area contributed by atoms with E-state index in [0.717, 1.165) is 0 Å². The van der Waals surface area contributed by atoms with Gasteiger partial charge in [0.1, 0.15) is 0 Å². The Balaban J connectivity index is 0.000000260. The van der Waals surface area contributed by atoms with E-state index in [4.69, 9.17) is 9.47 Å². The van der Waals surface area contributed by atoms with Crippen LogP contribution in [0.1, 0.15) is 48.4 Å². The summed E-state index contributed by atoms with van der Waals surface area (Å²) in [5.41, 5.74) is 1.23. The van der Waals surface area contributed by atoms with Crippen LogP contribution >= 0.6 is 0 Å². The van der Waals surface area contributed by atoms with Gasteiger partial charge in [-0.2, -0.15) is 0 Å². The summed E-state index contributed by atoms with van der Waals surface area (Å²) in [6, 6.07) is 18.1. The summed E-state index contributed by atoms with van der Waals surface area (Å²) in [6.07, 6.45) is 0. The van der Waals surface area contributed by atoms with Crippen molar-refractivity contribution in [2.75, 3.05) is 13.2 Å². The van der Waals surface area contributed by atoms with Crippen LogP contribution in [0, 0.1) is 11.8 Å². The van der Waals surface area contributed by atoms with Crippen LogP contribution in [0.25, 0.3) is 0 Å². The summed E-state index contributed by atoms with van der Waals surface area (Å²) in [5.74, 6) is 0.281. The van der Waals surface area contributed by atoms with Gasteiger partial charge in [0.2, 0.25) is 0 Å². The maximum Gasteiger partial charge on any atom is 0.338 e. The molecule has 0 bridgehead atoms. The monoisotopic (exact) mass is 356 g/mol. The first-order valence-electron chi connectivity index (χ1n) is 8.84. The largest absolute Gasteiger partial charge is 0.462 e. The zero-order chi connectivity index (χ0) is 19.4. The van der Waals surface area contributed by atoms with Crippen molar-refractivity contribution in [3.63, 3.8) is 0 Å². The van der Waals surface area contributed by atoms with Gasteiger partial charge >= 0.3 is 11.9 Å². The summed E-state index contributed by atoms with van der Waals surface area (Å²) >= 11 is 0. The van der Waals surface area contributed by atoms with Gasteiger partial charge < -0.3 is 9.47 Å². The molecule has 0 saturated carbocycles. The second-order valence-corrected chi connectivity index (χ2v) is 6.72. The van der Waals surface area contributed by atoms with Crippen molar-refractivity contribution in [3.05, 3.63) is 71.8 Å². The van der Waals surface area contributed by atoms with E-state index in [-0.39, 0.29) is 11.9 Å². The van der Waals surface area contributed by atoms with Crippen LogP contribution < -0.4 is 0 Å². The molecule has 2 aromatic carbocycles. The number of hydrogen-bond acceptors (Lipinski definition) is 4. The molecular weight excluding hydrogens is 328 g/mol.